The van der Waals surface area contributed by atoms with E-state index in [4.69, 9.17) is 4.42 Å². The molecule has 4 nitrogen and oxygen atoms in total. The molecule has 0 aliphatic rings. The zero-order valence-electron chi connectivity index (χ0n) is 14.1. The van der Waals surface area contributed by atoms with Gasteiger partial charge < -0.3 is 14.8 Å². The molecule has 1 heterocycles. The lowest BCUT2D eigenvalue weighted by Gasteiger charge is -2.30. The molecule has 0 saturated heterocycles. The molecule has 1 unspecified atom stereocenters. The van der Waals surface area contributed by atoms with Gasteiger partial charge in [-0.3, -0.25) is 4.79 Å². The minimum Gasteiger partial charge on any atom is -0.467 e. The summed E-state index contributed by atoms with van der Waals surface area (Å²) in [6.07, 6.45) is 0.619. The highest BCUT2D eigenvalue weighted by Crippen LogP contribution is 2.32. The van der Waals surface area contributed by atoms with Crippen LogP contribution in [0.15, 0.2) is 83.5 Å². The van der Waals surface area contributed by atoms with E-state index in [9.17, 15) is 9.90 Å². The molecule has 3 rings (SSSR count). The van der Waals surface area contributed by atoms with Crippen LogP contribution in [-0.4, -0.2) is 17.6 Å². The van der Waals surface area contributed by atoms with E-state index >= 15 is 0 Å². The third-order valence-electron chi connectivity index (χ3n) is 4.48. The van der Waals surface area contributed by atoms with Crippen molar-refractivity contribution in [3.63, 3.8) is 0 Å². The van der Waals surface area contributed by atoms with Gasteiger partial charge in [-0.05, 0) is 30.2 Å². The molecule has 0 radical (unpaired) electrons. The van der Waals surface area contributed by atoms with E-state index in [-0.39, 0.29) is 12.5 Å². The van der Waals surface area contributed by atoms with Crippen LogP contribution in [0.5, 0.6) is 0 Å². The van der Waals surface area contributed by atoms with Gasteiger partial charge in [0.2, 0.25) is 5.91 Å². The normalized spacial score (nSPS) is 12.6. The van der Waals surface area contributed by atoms with E-state index in [2.05, 4.69) is 5.32 Å². The number of hydrogen-bond donors (Lipinski definition) is 2. The Morgan fingerprint density at radius 3 is 2.04 bits per heavy atom. The van der Waals surface area contributed by atoms with Gasteiger partial charge in [-0.2, -0.15) is 0 Å². The quantitative estimate of drug-likeness (QED) is 0.725. The van der Waals surface area contributed by atoms with Crippen molar-refractivity contribution in [2.24, 2.45) is 0 Å². The van der Waals surface area contributed by atoms with Crippen molar-refractivity contribution >= 4 is 5.91 Å². The molecule has 4 heteroatoms. The number of amides is 1. The van der Waals surface area contributed by atoms with Crippen LogP contribution in [0.3, 0.4) is 0 Å². The van der Waals surface area contributed by atoms with Gasteiger partial charge in [-0.1, -0.05) is 60.7 Å². The number of carbonyl (C=O) groups excluding carboxylic acids is 1. The van der Waals surface area contributed by atoms with Gasteiger partial charge in [0, 0.05) is 0 Å². The van der Waals surface area contributed by atoms with Crippen molar-refractivity contribution in [3.05, 3.63) is 95.9 Å². The molecule has 0 fully saturated rings. The van der Waals surface area contributed by atoms with E-state index in [1.54, 1.807) is 12.1 Å². The molecule has 3 aromatic rings. The summed E-state index contributed by atoms with van der Waals surface area (Å²) in [5.74, 6) is 0.261. The topological polar surface area (TPSA) is 62.5 Å². The molecule has 128 valence electrons. The van der Waals surface area contributed by atoms with Crippen LogP contribution in [0, 0.1) is 0 Å². The summed E-state index contributed by atoms with van der Waals surface area (Å²) < 4.78 is 5.18. The van der Waals surface area contributed by atoms with E-state index in [0.717, 1.165) is 11.1 Å². The van der Waals surface area contributed by atoms with Crippen molar-refractivity contribution in [2.75, 3.05) is 6.54 Å². The summed E-state index contributed by atoms with van der Waals surface area (Å²) in [4.78, 5) is 13.1. The lowest BCUT2D eigenvalue weighted by molar-refractivity contribution is -0.125. The number of furan rings is 1. The average Bonchev–Trinajstić information content (AvgIpc) is 3.21. The van der Waals surface area contributed by atoms with Gasteiger partial charge in [-0.25, -0.2) is 0 Å². The third-order valence-corrected chi connectivity index (χ3v) is 4.48. The Labute approximate surface area is 147 Å². The second-order valence-electron chi connectivity index (χ2n) is 6.10. The SMILES string of the molecule is CC(C(=O)NCC(O)c1ccco1)(c1ccccc1)c1ccccc1. The second-order valence-corrected chi connectivity index (χ2v) is 6.10. The fourth-order valence-corrected chi connectivity index (χ4v) is 2.92. The summed E-state index contributed by atoms with van der Waals surface area (Å²) in [6, 6.07) is 22.7. The number of aliphatic hydroxyl groups excluding tert-OH is 1. The highest BCUT2D eigenvalue weighted by molar-refractivity contribution is 5.91. The molecular weight excluding hydrogens is 314 g/mol. The first-order valence-corrected chi connectivity index (χ1v) is 8.23. The molecular formula is C21H21NO3. The number of rotatable bonds is 6. The number of benzene rings is 2. The Kier molecular flexibility index (Phi) is 5.00. The lowest BCUT2D eigenvalue weighted by Crippen LogP contribution is -2.44. The Morgan fingerprint density at radius 1 is 1.00 bits per heavy atom. The number of nitrogens with one attached hydrogen (secondary N) is 1. The summed E-state index contributed by atoms with van der Waals surface area (Å²) >= 11 is 0. The second kappa shape index (κ2) is 7.36. The lowest BCUT2D eigenvalue weighted by atomic mass is 9.75. The first kappa shape index (κ1) is 17.0. The Bertz CT molecular complexity index is 758. The Hall–Kier alpha value is -2.85. The fourth-order valence-electron chi connectivity index (χ4n) is 2.92. The minimum atomic E-state index is -0.880. The maximum atomic E-state index is 13.1. The van der Waals surface area contributed by atoms with Crippen molar-refractivity contribution in [2.45, 2.75) is 18.4 Å². The molecule has 1 atom stereocenters. The maximum Gasteiger partial charge on any atom is 0.234 e. The standard InChI is InChI=1S/C21H21NO3/c1-21(16-9-4-2-5-10-16,17-11-6-3-7-12-17)20(24)22-15-18(23)19-13-8-14-25-19/h2-14,18,23H,15H2,1H3,(H,22,24). The predicted octanol–water partition coefficient (Wildman–Crippen LogP) is 3.44. The van der Waals surface area contributed by atoms with Crippen LogP contribution in [0.1, 0.15) is 29.9 Å². The van der Waals surface area contributed by atoms with Crippen molar-refractivity contribution < 1.29 is 14.3 Å². The Morgan fingerprint density at radius 2 is 1.56 bits per heavy atom. The molecule has 2 aromatic carbocycles. The Balaban J connectivity index is 1.86. The molecule has 0 spiro atoms. The predicted molar refractivity (Wildman–Crippen MR) is 96.0 cm³/mol. The van der Waals surface area contributed by atoms with Gasteiger partial charge in [-0.15, -0.1) is 0 Å². The van der Waals surface area contributed by atoms with Crippen LogP contribution in [0.2, 0.25) is 0 Å². The number of hydrogen-bond acceptors (Lipinski definition) is 3. The zero-order valence-corrected chi connectivity index (χ0v) is 14.1. The van der Waals surface area contributed by atoms with Crippen molar-refractivity contribution in [3.8, 4) is 0 Å². The molecule has 1 amide bonds. The van der Waals surface area contributed by atoms with E-state index < -0.39 is 11.5 Å². The van der Waals surface area contributed by atoms with Gasteiger partial charge in [0.1, 0.15) is 11.9 Å². The molecule has 2 N–H and O–H groups in total. The average molecular weight is 335 g/mol. The molecule has 0 aliphatic carbocycles. The van der Waals surface area contributed by atoms with Gasteiger partial charge in [0.05, 0.1) is 18.2 Å². The molecule has 0 bridgehead atoms. The van der Waals surface area contributed by atoms with Crippen LogP contribution < -0.4 is 5.32 Å². The van der Waals surface area contributed by atoms with E-state index in [0.29, 0.717) is 5.76 Å². The molecule has 0 saturated carbocycles. The first-order valence-electron chi connectivity index (χ1n) is 8.23. The third kappa shape index (κ3) is 3.49. The van der Waals surface area contributed by atoms with Crippen LogP contribution in [0.25, 0.3) is 0 Å². The first-order chi connectivity index (χ1) is 12.1. The van der Waals surface area contributed by atoms with Crippen LogP contribution in [-0.2, 0) is 10.2 Å². The zero-order chi connectivity index (χ0) is 17.7. The molecule has 1 aromatic heterocycles. The van der Waals surface area contributed by atoms with Crippen LogP contribution >= 0.6 is 0 Å². The van der Waals surface area contributed by atoms with Gasteiger partial charge in [0.15, 0.2) is 0 Å². The van der Waals surface area contributed by atoms with Gasteiger partial charge >= 0.3 is 0 Å². The van der Waals surface area contributed by atoms with Crippen molar-refractivity contribution in [1.29, 1.82) is 0 Å². The summed E-state index contributed by atoms with van der Waals surface area (Å²) in [7, 11) is 0. The van der Waals surface area contributed by atoms with Crippen molar-refractivity contribution in [1.82, 2.24) is 5.32 Å². The number of aliphatic hydroxyl groups is 1. The molecule has 0 aliphatic heterocycles. The fraction of sp³-hybridized carbons (Fsp3) is 0.190. The highest BCUT2D eigenvalue weighted by atomic mass is 16.4. The maximum absolute atomic E-state index is 13.1. The van der Waals surface area contributed by atoms with Gasteiger partial charge in [0.25, 0.3) is 0 Å². The summed E-state index contributed by atoms with van der Waals surface area (Å²) in [5.41, 5.74) is 0.933. The largest absolute Gasteiger partial charge is 0.467 e. The smallest absolute Gasteiger partial charge is 0.234 e. The monoisotopic (exact) mass is 335 g/mol. The van der Waals surface area contributed by atoms with E-state index in [1.165, 1.54) is 6.26 Å². The molecule has 25 heavy (non-hydrogen) atoms. The van der Waals surface area contributed by atoms with E-state index in [1.807, 2.05) is 67.6 Å². The summed E-state index contributed by atoms with van der Waals surface area (Å²) in [5, 5.41) is 13.0. The summed E-state index contributed by atoms with van der Waals surface area (Å²) in [6.45, 7) is 1.98. The minimum absolute atomic E-state index is 0.0849. The highest BCUT2D eigenvalue weighted by Gasteiger charge is 2.37. The van der Waals surface area contributed by atoms with Crippen LogP contribution in [0.4, 0.5) is 0 Å². The number of carbonyl (C=O) groups is 1.